The standard InChI is InChI=1S/C5H8Cl3NO3/c6-5(7,8)2-12-4(1-10)9-3-11/h3-4,10H,1-2H2,(H,9,11). The summed E-state index contributed by atoms with van der Waals surface area (Å²) in [4.78, 5) is 9.90. The highest BCUT2D eigenvalue weighted by Gasteiger charge is 2.21. The molecule has 0 saturated carbocycles. The average molecular weight is 236 g/mol. The Morgan fingerprint density at radius 2 is 2.17 bits per heavy atom. The van der Waals surface area contributed by atoms with Crippen LogP contribution in [0.15, 0.2) is 0 Å². The number of carbonyl (C=O) groups excluding carboxylic acids is 1. The van der Waals surface area contributed by atoms with Crippen LogP contribution in [0.2, 0.25) is 0 Å². The van der Waals surface area contributed by atoms with E-state index in [0.29, 0.717) is 6.41 Å². The molecule has 72 valence electrons. The van der Waals surface area contributed by atoms with Crippen molar-refractivity contribution in [2.45, 2.75) is 10.0 Å². The maximum absolute atomic E-state index is 9.90. The molecule has 7 heteroatoms. The van der Waals surface area contributed by atoms with Crippen LogP contribution in [0.5, 0.6) is 0 Å². The molecule has 12 heavy (non-hydrogen) atoms. The molecule has 0 spiro atoms. The molecule has 0 aromatic rings. The third kappa shape index (κ3) is 6.94. The van der Waals surface area contributed by atoms with Crippen LogP contribution in [0.4, 0.5) is 0 Å². The van der Waals surface area contributed by atoms with Crippen molar-refractivity contribution in [2.75, 3.05) is 13.2 Å². The van der Waals surface area contributed by atoms with Gasteiger partial charge in [0.15, 0.2) is 6.23 Å². The van der Waals surface area contributed by atoms with Crippen molar-refractivity contribution < 1.29 is 14.6 Å². The van der Waals surface area contributed by atoms with E-state index in [9.17, 15) is 4.79 Å². The second-order valence-electron chi connectivity index (χ2n) is 1.88. The molecule has 0 saturated heterocycles. The second kappa shape index (κ2) is 5.83. The molecule has 2 N–H and O–H groups in total. The number of amides is 1. The summed E-state index contributed by atoms with van der Waals surface area (Å²) in [6.07, 6.45) is -0.447. The second-order valence-corrected chi connectivity index (χ2v) is 4.40. The normalized spacial score (nSPS) is 14.0. The summed E-state index contributed by atoms with van der Waals surface area (Å²) in [6.45, 7) is -0.580. The van der Waals surface area contributed by atoms with Crippen molar-refractivity contribution >= 4 is 41.2 Å². The quantitative estimate of drug-likeness (QED) is 0.414. The van der Waals surface area contributed by atoms with Gasteiger partial charge in [0, 0.05) is 0 Å². The summed E-state index contributed by atoms with van der Waals surface area (Å²) >= 11 is 16.0. The Labute approximate surface area is 84.7 Å². The van der Waals surface area contributed by atoms with Crippen molar-refractivity contribution in [1.82, 2.24) is 5.32 Å². The fourth-order valence-electron chi connectivity index (χ4n) is 0.424. The molecule has 0 bridgehead atoms. The maximum Gasteiger partial charge on any atom is 0.213 e. The molecular weight excluding hydrogens is 228 g/mol. The molecule has 0 fully saturated rings. The van der Waals surface area contributed by atoms with Crippen LogP contribution in [-0.4, -0.2) is 34.8 Å². The number of nitrogens with one attached hydrogen (secondary N) is 1. The first-order valence-corrected chi connectivity index (χ1v) is 4.12. The summed E-state index contributed by atoms with van der Waals surface area (Å²) in [5.41, 5.74) is 0. The van der Waals surface area contributed by atoms with Gasteiger partial charge in [-0.2, -0.15) is 0 Å². The zero-order valence-corrected chi connectivity index (χ0v) is 8.23. The monoisotopic (exact) mass is 235 g/mol. The number of alkyl halides is 3. The van der Waals surface area contributed by atoms with Gasteiger partial charge in [0.1, 0.15) is 0 Å². The number of hydrogen-bond donors (Lipinski definition) is 2. The van der Waals surface area contributed by atoms with E-state index in [1.54, 1.807) is 0 Å². The minimum Gasteiger partial charge on any atom is -0.392 e. The highest BCUT2D eigenvalue weighted by atomic mass is 35.6. The number of halogens is 3. The van der Waals surface area contributed by atoms with Crippen LogP contribution in [0.25, 0.3) is 0 Å². The lowest BCUT2D eigenvalue weighted by Crippen LogP contribution is -2.36. The fourth-order valence-corrected chi connectivity index (χ4v) is 0.613. The third-order valence-corrected chi connectivity index (χ3v) is 1.20. The van der Waals surface area contributed by atoms with Gasteiger partial charge in [0.05, 0.1) is 13.2 Å². The molecule has 0 aliphatic rings. The highest BCUT2D eigenvalue weighted by molar-refractivity contribution is 6.67. The topological polar surface area (TPSA) is 58.6 Å². The molecule has 0 aromatic carbocycles. The number of hydrogen-bond acceptors (Lipinski definition) is 3. The van der Waals surface area contributed by atoms with E-state index in [0.717, 1.165) is 0 Å². The molecule has 4 nitrogen and oxygen atoms in total. The Balaban J connectivity index is 3.64. The van der Waals surface area contributed by atoms with Crippen LogP contribution in [0.1, 0.15) is 0 Å². The van der Waals surface area contributed by atoms with E-state index < -0.39 is 10.0 Å². The van der Waals surface area contributed by atoms with E-state index in [2.05, 4.69) is 5.32 Å². The van der Waals surface area contributed by atoms with E-state index in [4.69, 9.17) is 44.6 Å². The zero-order valence-electron chi connectivity index (χ0n) is 5.97. The van der Waals surface area contributed by atoms with E-state index in [1.165, 1.54) is 0 Å². The predicted octanol–water partition coefficient (Wildman–Crippen LogP) is 0.438. The van der Waals surface area contributed by atoms with Crippen molar-refractivity contribution in [3.05, 3.63) is 0 Å². The maximum atomic E-state index is 9.90. The van der Waals surface area contributed by atoms with Crippen LogP contribution >= 0.6 is 34.8 Å². The van der Waals surface area contributed by atoms with Gasteiger partial charge in [0.2, 0.25) is 10.2 Å². The third-order valence-electron chi connectivity index (χ3n) is 0.868. The van der Waals surface area contributed by atoms with Gasteiger partial charge in [-0.3, -0.25) is 4.79 Å². The Hall–Kier alpha value is 0.260. The Morgan fingerprint density at radius 1 is 1.58 bits per heavy atom. The first-order chi connectivity index (χ1) is 5.49. The number of ether oxygens (including phenoxy) is 1. The summed E-state index contributed by atoms with van der Waals surface area (Å²) in [6, 6.07) is 0. The van der Waals surface area contributed by atoms with Crippen molar-refractivity contribution in [3.8, 4) is 0 Å². The van der Waals surface area contributed by atoms with Crippen molar-refractivity contribution in [1.29, 1.82) is 0 Å². The number of aliphatic hydroxyl groups is 1. The first kappa shape index (κ1) is 12.3. The first-order valence-electron chi connectivity index (χ1n) is 2.98. The lowest BCUT2D eigenvalue weighted by atomic mass is 10.6. The van der Waals surface area contributed by atoms with E-state index in [-0.39, 0.29) is 13.2 Å². The van der Waals surface area contributed by atoms with Gasteiger partial charge in [-0.05, 0) is 0 Å². The minimum atomic E-state index is -1.54. The van der Waals surface area contributed by atoms with Crippen LogP contribution < -0.4 is 5.32 Å². The van der Waals surface area contributed by atoms with Crippen molar-refractivity contribution in [3.63, 3.8) is 0 Å². The fraction of sp³-hybridized carbons (Fsp3) is 0.800. The smallest absolute Gasteiger partial charge is 0.213 e. The van der Waals surface area contributed by atoms with Gasteiger partial charge >= 0.3 is 0 Å². The lowest BCUT2D eigenvalue weighted by Gasteiger charge is -2.17. The van der Waals surface area contributed by atoms with Crippen LogP contribution in [0, 0.1) is 0 Å². The molecule has 0 aromatic heterocycles. The zero-order chi connectivity index (χ0) is 9.61. The highest BCUT2D eigenvalue weighted by Crippen LogP contribution is 2.26. The molecule has 0 aliphatic carbocycles. The molecule has 0 rings (SSSR count). The van der Waals surface area contributed by atoms with E-state index in [1.807, 2.05) is 0 Å². The SMILES string of the molecule is O=CNC(CO)OCC(Cl)(Cl)Cl. The Morgan fingerprint density at radius 3 is 2.50 bits per heavy atom. The van der Waals surface area contributed by atoms with Crippen LogP contribution in [0.3, 0.4) is 0 Å². The predicted molar refractivity (Wildman–Crippen MR) is 46.3 cm³/mol. The summed E-state index contributed by atoms with van der Waals surface area (Å²) in [5, 5.41) is 10.8. The molecule has 0 aliphatic heterocycles. The lowest BCUT2D eigenvalue weighted by molar-refractivity contribution is -0.114. The molecule has 1 atom stereocenters. The van der Waals surface area contributed by atoms with Gasteiger partial charge < -0.3 is 15.2 Å². The molecule has 0 radical (unpaired) electrons. The largest absolute Gasteiger partial charge is 0.392 e. The van der Waals surface area contributed by atoms with Gasteiger partial charge in [-0.25, -0.2) is 0 Å². The number of carbonyl (C=O) groups is 1. The van der Waals surface area contributed by atoms with E-state index >= 15 is 0 Å². The average Bonchev–Trinajstić information content (AvgIpc) is 1.96. The van der Waals surface area contributed by atoms with Crippen LogP contribution in [-0.2, 0) is 9.53 Å². The Kier molecular flexibility index (Phi) is 5.96. The molecular formula is C5H8Cl3NO3. The summed E-state index contributed by atoms with van der Waals surface area (Å²) in [7, 11) is 0. The molecule has 1 unspecified atom stereocenters. The van der Waals surface area contributed by atoms with Gasteiger partial charge in [-0.1, -0.05) is 34.8 Å². The number of aliphatic hydroxyl groups excluding tert-OH is 1. The minimum absolute atomic E-state index is 0.205. The Bertz CT molecular complexity index is 138. The van der Waals surface area contributed by atoms with Gasteiger partial charge in [0.25, 0.3) is 0 Å². The molecule has 1 amide bonds. The van der Waals surface area contributed by atoms with Gasteiger partial charge in [-0.15, -0.1) is 0 Å². The molecule has 0 heterocycles. The van der Waals surface area contributed by atoms with Crippen molar-refractivity contribution in [2.24, 2.45) is 0 Å². The number of rotatable bonds is 5. The summed E-state index contributed by atoms with van der Waals surface area (Å²) < 4.78 is 3.26. The summed E-state index contributed by atoms with van der Waals surface area (Å²) in [5.74, 6) is 0.